The average molecular weight is 401 g/mol. The van der Waals surface area contributed by atoms with E-state index in [1.165, 1.54) is 4.57 Å². The Hall–Kier alpha value is -2.91. The molecule has 0 spiro atoms. The maximum absolute atomic E-state index is 12.5. The summed E-state index contributed by atoms with van der Waals surface area (Å²) in [6.45, 7) is 6.49. The lowest BCUT2D eigenvalue weighted by Gasteiger charge is -2.16. The van der Waals surface area contributed by atoms with Gasteiger partial charge < -0.3 is 19.7 Å². The quantitative estimate of drug-likeness (QED) is 0.521. The van der Waals surface area contributed by atoms with Crippen molar-refractivity contribution in [3.8, 4) is 0 Å². The van der Waals surface area contributed by atoms with E-state index in [0.29, 0.717) is 12.5 Å². The van der Waals surface area contributed by atoms with Gasteiger partial charge in [-0.25, -0.2) is 4.79 Å². The molecule has 9 heteroatoms. The molecule has 3 N–H and O–H groups in total. The normalized spacial score (nSPS) is 12.6. The summed E-state index contributed by atoms with van der Waals surface area (Å²) in [5, 5.41) is 13.6. The molecular weight excluding hydrogens is 374 g/mol. The van der Waals surface area contributed by atoms with E-state index in [0.717, 1.165) is 11.1 Å². The molecule has 0 bridgehead atoms. The number of aliphatic hydroxyl groups is 1. The minimum absolute atomic E-state index is 0.0208. The SMILES string of the molecule is Cc1ccc(CNc2nc3c(c(=O)[nH]c(=O)n3C)n2C[C@@H](O)COC(C)C)cc1. The number of aliphatic hydroxyl groups excluding tert-OH is 1. The highest BCUT2D eigenvalue weighted by atomic mass is 16.5. The minimum Gasteiger partial charge on any atom is -0.389 e. The molecule has 1 aromatic carbocycles. The molecule has 0 amide bonds. The van der Waals surface area contributed by atoms with Crippen molar-refractivity contribution in [3.63, 3.8) is 0 Å². The second-order valence-electron chi connectivity index (χ2n) is 7.41. The molecule has 0 aliphatic rings. The van der Waals surface area contributed by atoms with Crippen molar-refractivity contribution in [3.05, 3.63) is 56.2 Å². The fraction of sp³-hybridized carbons (Fsp3) is 0.450. The number of imidazole rings is 1. The van der Waals surface area contributed by atoms with Crippen LogP contribution in [0.1, 0.15) is 25.0 Å². The van der Waals surface area contributed by atoms with E-state index in [-0.39, 0.29) is 30.4 Å². The molecule has 2 aromatic heterocycles. The van der Waals surface area contributed by atoms with E-state index in [2.05, 4.69) is 15.3 Å². The molecule has 9 nitrogen and oxygen atoms in total. The Labute approximate surface area is 168 Å². The van der Waals surface area contributed by atoms with Gasteiger partial charge >= 0.3 is 5.69 Å². The molecule has 0 radical (unpaired) electrons. The van der Waals surface area contributed by atoms with E-state index >= 15 is 0 Å². The number of aromatic nitrogens is 4. The first-order valence-corrected chi connectivity index (χ1v) is 9.55. The van der Waals surface area contributed by atoms with Crippen molar-refractivity contribution in [2.45, 2.75) is 46.1 Å². The van der Waals surface area contributed by atoms with Crippen LogP contribution in [-0.2, 0) is 24.9 Å². The molecule has 2 heterocycles. The van der Waals surface area contributed by atoms with Crippen molar-refractivity contribution in [1.29, 1.82) is 0 Å². The fourth-order valence-corrected chi connectivity index (χ4v) is 3.00. The van der Waals surface area contributed by atoms with Crippen LogP contribution >= 0.6 is 0 Å². The van der Waals surface area contributed by atoms with E-state index < -0.39 is 17.4 Å². The first kappa shape index (κ1) is 20.8. The monoisotopic (exact) mass is 401 g/mol. The summed E-state index contributed by atoms with van der Waals surface area (Å²) < 4.78 is 8.35. The molecule has 3 aromatic rings. The minimum atomic E-state index is -0.841. The summed E-state index contributed by atoms with van der Waals surface area (Å²) in [6.07, 6.45) is -0.862. The van der Waals surface area contributed by atoms with Gasteiger partial charge in [-0.2, -0.15) is 4.98 Å². The van der Waals surface area contributed by atoms with Crippen LogP contribution in [-0.4, -0.2) is 43.0 Å². The molecular formula is C20H27N5O4. The number of aromatic amines is 1. The molecule has 1 atom stereocenters. The molecule has 0 fully saturated rings. The number of rotatable bonds is 8. The van der Waals surface area contributed by atoms with E-state index in [1.807, 2.05) is 45.0 Å². The molecule has 0 saturated carbocycles. The molecule has 0 aliphatic heterocycles. The van der Waals surface area contributed by atoms with E-state index in [9.17, 15) is 14.7 Å². The molecule has 3 rings (SSSR count). The second-order valence-corrected chi connectivity index (χ2v) is 7.41. The van der Waals surface area contributed by atoms with E-state index in [4.69, 9.17) is 4.74 Å². The van der Waals surface area contributed by atoms with Gasteiger partial charge in [0.1, 0.15) is 0 Å². The predicted molar refractivity (Wildman–Crippen MR) is 111 cm³/mol. The topological polar surface area (TPSA) is 114 Å². The van der Waals surface area contributed by atoms with Crippen LogP contribution in [0.25, 0.3) is 11.2 Å². The van der Waals surface area contributed by atoms with Crippen LogP contribution in [0.4, 0.5) is 5.95 Å². The van der Waals surface area contributed by atoms with Gasteiger partial charge in [0, 0.05) is 13.6 Å². The molecule has 29 heavy (non-hydrogen) atoms. The van der Waals surface area contributed by atoms with Crippen LogP contribution in [0.15, 0.2) is 33.9 Å². The van der Waals surface area contributed by atoms with Gasteiger partial charge in [-0.1, -0.05) is 29.8 Å². The smallest absolute Gasteiger partial charge is 0.329 e. The van der Waals surface area contributed by atoms with Crippen molar-refractivity contribution in [2.24, 2.45) is 7.05 Å². The number of hydrogen-bond donors (Lipinski definition) is 3. The molecule has 0 saturated heterocycles. The van der Waals surface area contributed by atoms with Crippen LogP contribution in [0.5, 0.6) is 0 Å². The second kappa shape index (κ2) is 8.62. The third-order valence-electron chi connectivity index (χ3n) is 4.59. The van der Waals surface area contributed by atoms with Gasteiger partial charge in [0.2, 0.25) is 5.95 Å². The van der Waals surface area contributed by atoms with Crippen LogP contribution in [0.3, 0.4) is 0 Å². The van der Waals surface area contributed by atoms with Gasteiger partial charge in [-0.3, -0.25) is 14.3 Å². The largest absolute Gasteiger partial charge is 0.389 e. The predicted octanol–water partition coefficient (Wildman–Crippen LogP) is 1.13. The van der Waals surface area contributed by atoms with E-state index in [1.54, 1.807) is 11.6 Å². The first-order valence-electron chi connectivity index (χ1n) is 9.55. The Kier molecular flexibility index (Phi) is 6.19. The van der Waals surface area contributed by atoms with Crippen LogP contribution in [0.2, 0.25) is 0 Å². The molecule has 156 valence electrons. The van der Waals surface area contributed by atoms with Gasteiger partial charge in [-0.05, 0) is 26.3 Å². The van der Waals surface area contributed by atoms with Crippen molar-refractivity contribution in [2.75, 3.05) is 11.9 Å². The lowest BCUT2D eigenvalue weighted by atomic mass is 10.1. The number of ether oxygens (including phenoxy) is 1. The Morgan fingerprint density at radius 2 is 1.93 bits per heavy atom. The lowest BCUT2D eigenvalue weighted by molar-refractivity contribution is -0.000108. The Morgan fingerprint density at radius 1 is 1.24 bits per heavy atom. The molecule has 0 unspecified atom stereocenters. The van der Waals surface area contributed by atoms with Crippen molar-refractivity contribution < 1.29 is 9.84 Å². The highest BCUT2D eigenvalue weighted by Gasteiger charge is 2.19. The number of nitrogens with zero attached hydrogens (tertiary/aromatic N) is 3. The number of benzene rings is 1. The maximum Gasteiger partial charge on any atom is 0.329 e. The zero-order valence-corrected chi connectivity index (χ0v) is 17.1. The van der Waals surface area contributed by atoms with Gasteiger partial charge in [-0.15, -0.1) is 0 Å². The van der Waals surface area contributed by atoms with Gasteiger partial charge in [0.25, 0.3) is 5.56 Å². The summed E-state index contributed by atoms with van der Waals surface area (Å²) >= 11 is 0. The Bertz CT molecular complexity index is 1090. The first-order chi connectivity index (χ1) is 13.8. The third kappa shape index (κ3) is 4.75. The molecule has 0 aliphatic carbocycles. The number of fused-ring (bicyclic) bond motifs is 1. The van der Waals surface area contributed by atoms with Crippen molar-refractivity contribution in [1.82, 2.24) is 19.1 Å². The summed E-state index contributed by atoms with van der Waals surface area (Å²) in [5.41, 5.74) is 1.60. The van der Waals surface area contributed by atoms with Crippen molar-refractivity contribution >= 4 is 17.1 Å². The van der Waals surface area contributed by atoms with Gasteiger partial charge in [0.05, 0.1) is 25.4 Å². The lowest BCUT2D eigenvalue weighted by Crippen LogP contribution is -2.30. The fourth-order valence-electron chi connectivity index (χ4n) is 3.00. The average Bonchev–Trinajstić information content (AvgIpc) is 3.03. The number of hydrogen-bond acceptors (Lipinski definition) is 6. The number of aryl methyl sites for hydroxylation is 2. The summed E-state index contributed by atoms with van der Waals surface area (Å²) in [7, 11) is 1.54. The number of H-pyrrole nitrogens is 1. The third-order valence-corrected chi connectivity index (χ3v) is 4.59. The number of nitrogens with one attached hydrogen (secondary N) is 2. The van der Waals surface area contributed by atoms with Gasteiger partial charge in [0.15, 0.2) is 11.2 Å². The highest BCUT2D eigenvalue weighted by Crippen LogP contribution is 2.17. The standard InChI is InChI=1S/C20H27N5O4/c1-12(2)29-11-15(26)10-25-16-17(24(4)20(28)23-18(16)27)22-19(25)21-9-14-7-5-13(3)6-8-14/h5-8,12,15,26H,9-11H2,1-4H3,(H,21,22)(H,23,27,28)/t15-/m1/s1. The van der Waals surface area contributed by atoms with Crippen LogP contribution in [0, 0.1) is 6.92 Å². The summed E-state index contributed by atoms with van der Waals surface area (Å²) in [5.74, 6) is 0.399. The zero-order valence-electron chi connectivity index (χ0n) is 17.1. The van der Waals surface area contributed by atoms with Crippen LogP contribution < -0.4 is 16.6 Å². The maximum atomic E-state index is 12.5. The summed E-state index contributed by atoms with van der Waals surface area (Å²) in [6, 6.07) is 8.04. The number of anilines is 1. The highest BCUT2D eigenvalue weighted by molar-refractivity contribution is 5.74. The Morgan fingerprint density at radius 3 is 2.59 bits per heavy atom. The summed E-state index contributed by atoms with van der Waals surface area (Å²) in [4.78, 5) is 31.2. The zero-order chi connectivity index (χ0) is 21.1. The Balaban J connectivity index is 1.96.